The number of carbonyl (C=O) groups excluding carboxylic acids is 1. The summed E-state index contributed by atoms with van der Waals surface area (Å²) in [7, 11) is 0. The van der Waals surface area contributed by atoms with Gasteiger partial charge in [0, 0.05) is 31.6 Å². The summed E-state index contributed by atoms with van der Waals surface area (Å²) < 4.78 is 0. The number of piperazine rings is 1. The molecule has 0 spiro atoms. The SMILES string of the molecule is CC(C)(C)C(=O)N1CCN(C(=N)N)CC1. The Kier molecular flexibility index (Phi) is 3.21. The molecule has 0 radical (unpaired) electrons. The third-order valence-corrected chi connectivity index (χ3v) is 2.55. The van der Waals surface area contributed by atoms with E-state index in [1.165, 1.54) is 0 Å². The summed E-state index contributed by atoms with van der Waals surface area (Å²) in [5.41, 5.74) is 5.06. The van der Waals surface area contributed by atoms with Gasteiger partial charge >= 0.3 is 0 Å². The second-order valence-electron chi connectivity index (χ2n) is 4.91. The van der Waals surface area contributed by atoms with Crippen molar-refractivity contribution in [2.24, 2.45) is 11.1 Å². The lowest BCUT2D eigenvalue weighted by molar-refractivity contribution is -0.140. The zero-order valence-corrected chi connectivity index (χ0v) is 9.71. The lowest BCUT2D eigenvalue weighted by Gasteiger charge is -2.37. The van der Waals surface area contributed by atoms with Crippen molar-refractivity contribution in [2.75, 3.05) is 26.2 Å². The molecule has 3 N–H and O–H groups in total. The van der Waals surface area contributed by atoms with Crippen molar-refractivity contribution in [3.8, 4) is 0 Å². The monoisotopic (exact) mass is 212 g/mol. The van der Waals surface area contributed by atoms with Gasteiger partial charge in [-0.25, -0.2) is 0 Å². The fourth-order valence-corrected chi connectivity index (χ4v) is 1.62. The molecule has 0 bridgehead atoms. The van der Waals surface area contributed by atoms with Crippen LogP contribution in [-0.2, 0) is 4.79 Å². The van der Waals surface area contributed by atoms with Crippen LogP contribution in [0.1, 0.15) is 20.8 Å². The molecule has 1 aliphatic heterocycles. The molecule has 0 aromatic carbocycles. The van der Waals surface area contributed by atoms with Crippen molar-refractivity contribution in [3.05, 3.63) is 0 Å². The highest BCUT2D eigenvalue weighted by Gasteiger charge is 2.29. The minimum Gasteiger partial charge on any atom is -0.370 e. The van der Waals surface area contributed by atoms with Crippen LogP contribution >= 0.6 is 0 Å². The van der Waals surface area contributed by atoms with E-state index in [1.807, 2.05) is 25.7 Å². The number of hydrogen-bond acceptors (Lipinski definition) is 2. The topological polar surface area (TPSA) is 73.4 Å². The van der Waals surface area contributed by atoms with Crippen LogP contribution in [0, 0.1) is 10.8 Å². The van der Waals surface area contributed by atoms with Crippen LogP contribution < -0.4 is 5.73 Å². The van der Waals surface area contributed by atoms with E-state index in [2.05, 4.69) is 0 Å². The number of nitrogens with zero attached hydrogens (tertiary/aromatic N) is 2. The second kappa shape index (κ2) is 4.08. The maximum atomic E-state index is 11.9. The van der Waals surface area contributed by atoms with Crippen molar-refractivity contribution < 1.29 is 4.79 Å². The Morgan fingerprint density at radius 1 is 1.13 bits per heavy atom. The molecule has 0 aromatic heterocycles. The van der Waals surface area contributed by atoms with E-state index in [1.54, 1.807) is 4.90 Å². The molecule has 1 amide bonds. The van der Waals surface area contributed by atoms with E-state index in [0.717, 1.165) is 0 Å². The van der Waals surface area contributed by atoms with E-state index < -0.39 is 0 Å². The number of nitrogens with one attached hydrogen (secondary N) is 1. The van der Waals surface area contributed by atoms with Gasteiger partial charge in [0.1, 0.15) is 0 Å². The Labute approximate surface area is 90.7 Å². The molecular weight excluding hydrogens is 192 g/mol. The average molecular weight is 212 g/mol. The fourth-order valence-electron chi connectivity index (χ4n) is 1.62. The lowest BCUT2D eigenvalue weighted by atomic mass is 9.94. The normalized spacial score (nSPS) is 17.8. The first-order valence-corrected chi connectivity index (χ1v) is 5.20. The number of carbonyl (C=O) groups is 1. The van der Waals surface area contributed by atoms with Crippen LogP contribution in [-0.4, -0.2) is 47.8 Å². The first-order chi connectivity index (χ1) is 6.82. The third-order valence-electron chi connectivity index (χ3n) is 2.55. The maximum Gasteiger partial charge on any atom is 0.228 e. The van der Waals surface area contributed by atoms with Crippen molar-refractivity contribution in [3.63, 3.8) is 0 Å². The molecule has 0 unspecified atom stereocenters. The van der Waals surface area contributed by atoms with Gasteiger partial charge in [0.2, 0.25) is 5.91 Å². The number of amides is 1. The van der Waals surface area contributed by atoms with Gasteiger partial charge < -0.3 is 15.5 Å². The summed E-state index contributed by atoms with van der Waals surface area (Å²) in [5, 5.41) is 7.29. The highest BCUT2D eigenvalue weighted by Crippen LogP contribution is 2.18. The minimum absolute atomic E-state index is 0.0952. The van der Waals surface area contributed by atoms with E-state index in [9.17, 15) is 4.79 Å². The highest BCUT2D eigenvalue weighted by molar-refractivity contribution is 5.82. The van der Waals surface area contributed by atoms with Gasteiger partial charge in [-0.1, -0.05) is 20.8 Å². The van der Waals surface area contributed by atoms with Crippen LogP contribution in [0.15, 0.2) is 0 Å². The average Bonchev–Trinajstić information content (AvgIpc) is 2.15. The van der Waals surface area contributed by atoms with Crippen molar-refractivity contribution in [1.82, 2.24) is 9.80 Å². The van der Waals surface area contributed by atoms with Gasteiger partial charge in [-0.2, -0.15) is 0 Å². The predicted molar refractivity (Wildman–Crippen MR) is 59.5 cm³/mol. The summed E-state index contributed by atoms with van der Waals surface area (Å²) in [6.07, 6.45) is 0. The standard InChI is InChI=1S/C10H20N4O/c1-10(2,3)8(15)13-4-6-14(7-5-13)9(11)12/h4-7H2,1-3H3,(H3,11,12). The molecule has 1 aliphatic rings. The molecule has 1 heterocycles. The highest BCUT2D eigenvalue weighted by atomic mass is 16.2. The van der Waals surface area contributed by atoms with Gasteiger partial charge in [-0.3, -0.25) is 10.2 Å². The van der Waals surface area contributed by atoms with Crippen LogP contribution in [0.25, 0.3) is 0 Å². The van der Waals surface area contributed by atoms with Gasteiger partial charge in [0.25, 0.3) is 0 Å². The molecule has 1 saturated heterocycles. The first-order valence-electron chi connectivity index (χ1n) is 5.20. The Morgan fingerprint density at radius 2 is 1.53 bits per heavy atom. The Morgan fingerprint density at radius 3 is 1.87 bits per heavy atom. The van der Waals surface area contributed by atoms with Crippen molar-refractivity contribution in [1.29, 1.82) is 5.41 Å². The molecule has 15 heavy (non-hydrogen) atoms. The molecule has 0 saturated carbocycles. The molecule has 5 nitrogen and oxygen atoms in total. The van der Waals surface area contributed by atoms with Crippen LogP contribution in [0.5, 0.6) is 0 Å². The minimum atomic E-state index is -0.321. The maximum absolute atomic E-state index is 11.9. The van der Waals surface area contributed by atoms with Crippen LogP contribution in [0.3, 0.4) is 0 Å². The molecular formula is C10H20N4O. The van der Waals surface area contributed by atoms with Crippen molar-refractivity contribution >= 4 is 11.9 Å². The third kappa shape index (κ3) is 2.84. The molecule has 0 atom stereocenters. The lowest BCUT2D eigenvalue weighted by Crippen LogP contribution is -2.54. The summed E-state index contributed by atoms with van der Waals surface area (Å²) in [4.78, 5) is 15.5. The summed E-state index contributed by atoms with van der Waals surface area (Å²) in [5.74, 6) is 0.267. The first kappa shape index (κ1) is 11.8. The number of rotatable bonds is 0. The van der Waals surface area contributed by atoms with Gasteiger partial charge in [0.05, 0.1) is 0 Å². The van der Waals surface area contributed by atoms with E-state index >= 15 is 0 Å². The number of nitrogens with two attached hydrogens (primary N) is 1. The van der Waals surface area contributed by atoms with Gasteiger partial charge in [-0.05, 0) is 0 Å². The van der Waals surface area contributed by atoms with E-state index in [-0.39, 0.29) is 17.3 Å². The summed E-state index contributed by atoms with van der Waals surface area (Å²) >= 11 is 0. The quantitative estimate of drug-likeness (QED) is 0.441. The zero-order valence-electron chi connectivity index (χ0n) is 9.71. The zero-order chi connectivity index (χ0) is 11.6. The van der Waals surface area contributed by atoms with E-state index in [4.69, 9.17) is 11.1 Å². The molecule has 5 heteroatoms. The molecule has 0 aromatic rings. The summed E-state index contributed by atoms with van der Waals surface area (Å²) in [6.45, 7) is 8.42. The molecule has 1 rings (SSSR count). The number of guanidine groups is 1. The van der Waals surface area contributed by atoms with Gasteiger partial charge in [0.15, 0.2) is 5.96 Å². The second-order valence-corrected chi connectivity index (χ2v) is 4.91. The Hall–Kier alpha value is -1.26. The molecule has 86 valence electrons. The van der Waals surface area contributed by atoms with Gasteiger partial charge in [-0.15, -0.1) is 0 Å². The molecule has 1 fully saturated rings. The molecule has 0 aliphatic carbocycles. The Balaban J connectivity index is 2.51. The van der Waals surface area contributed by atoms with Crippen LogP contribution in [0.4, 0.5) is 0 Å². The predicted octanol–water partition coefficient (Wildman–Crippen LogP) is 0.0702. The summed E-state index contributed by atoms with van der Waals surface area (Å²) in [6, 6.07) is 0. The fraction of sp³-hybridized carbons (Fsp3) is 0.800. The smallest absolute Gasteiger partial charge is 0.228 e. The largest absolute Gasteiger partial charge is 0.370 e. The van der Waals surface area contributed by atoms with E-state index in [0.29, 0.717) is 26.2 Å². The van der Waals surface area contributed by atoms with Crippen LogP contribution in [0.2, 0.25) is 0 Å². The van der Waals surface area contributed by atoms with Crippen molar-refractivity contribution in [2.45, 2.75) is 20.8 Å². The Bertz CT molecular complexity index is 261. The number of hydrogen-bond donors (Lipinski definition) is 2.